The molecule has 0 saturated carbocycles. The third-order valence-electron chi connectivity index (χ3n) is 6.42. The molecular formula is C22H22N2O5. The van der Waals surface area contributed by atoms with Crippen molar-refractivity contribution in [3.63, 3.8) is 0 Å². The fraction of sp³-hybridized carbons (Fsp3) is 0.364. The maximum Gasteiger partial charge on any atom is 0.343 e. The van der Waals surface area contributed by atoms with Gasteiger partial charge in [0.05, 0.1) is 11.6 Å². The van der Waals surface area contributed by atoms with Crippen molar-refractivity contribution >= 4 is 17.2 Å². The van der Waals surface area contributed by atoms with Gasteiger partial charge in [-0.1, -0.05) is 13.8 Å². The molecule has 4 heterocycles. The lowest BCUT2D eigenvalue weighted by atomic mass is 9.84. The fourth-order valence-electron chi connectivity index (χ4n) is 4.85. The molecule has 0 radical (unpaired) electrons. The van der Waals surface area contributed by atoms with Crippen molar-refractivity contribution in [1.29, 1.82) is 0 Å². The van der Waals surface area contributed by atoms with Gasteiger partial charge >= 0.3 is 5.97 Å². The zero-order chi connectivity index (χ0) is 20.5. The van der Waals surface area contributed by atoms with Gasteiger partial charge in [0.25, 0.3) is 5.56 Å². The minimum Gasteiger partial charge on any atom is -0.508 e. The maximum absolute atomic E-state index is 13.3. The number of nitrogens with one attached hydrogen (secondary N) is 1. The van der Waals surface area contributed by atoms with Crippen LogP contribution in [0.5, 0.6) is 5.75 Å². The number of carbonyl (C=O) groups excluding carboxylic acids is 1. The summed E-state index contributed by atoms with van der Waals surface area (Å²) in [6.07, 6.45) is 0.887. The molecule has 1 aromatic carbocycles. The van der Waals surface area contributed by atoms with Crippen molar-refractivity contribution in [3.05, 3.63) is 62.6 Å². The number of phenols is 1. The second-order valence-electron chi connectivity index (χ2n) is 7.81. The molecule has 1 unspecified atom stereocenters. The van der Waals surface area contributed by atoms with E-state index in [2.05, 4.69) is 12.2 Å². The van der Waals surface area contributed by atoms with Crippen LogP contribution in [0, 0.1) is 0 Å². The van der Waals surface area contributed by atoms with Crippen LogP contribution in [0.25, 0.3) is 5.57 Å². The van der Waals surface area contributed by atoms with Crippen molar-refractivity contribution in [2.45, 2.75) is 51.5 Å². The number of ether oxygens (including phenoxy) is 1. The number of nitrogens with zero attached hydrogens (tertiary/aromatic N) is 1. The van der Waals surface area contributed by atoms with Crippen LogP contribution in [-0.4, -0.2) is 20.7 Å². The number of anilines is 1. The number of hydrogen-bond acceptors (Lipinski definition) is 6. The first-order chi connectivity index (χ1) is 13.9. The summed E-state index contributed by atoms with van der Waals surface area (Å²) < 4.78 is 6.82. The average Bonchev–Trinajstić information content (AvgIpc) is 3.08. The number of carbonyl (C=O) groups is 1. The molecular weight excluding hydrogens is 372 g/mol. The van der Waals surface area contributed by atoms with Crippen LogP contribution in [0.15, 0.2) is 34.6 Å². The number of phenolic OH excluding ortho intramolecular Hbond substituents is 1. The molecule has 7 nitrogen and oxygen atoms in total. The predicted molar refractivity (Wildman–Crippen MR) is 106 cm³/mol. The van der Waals surface area contributed by atoms with Crippen LogP contribution >= 0.6 is 0 Å². The van der Waals surface area contributed by atoms with Gasteiger partial charge in [0.2, 0.25) is 0 Å². The van der Waals surface area contributed by atoms with Gasteiger partial charge in [-0.2, -0.15) is 0 Å². The lowest BCUT2D eigenvalue weighted by molar-refractivity contribution is -0.172. The van der Waals surface area contributed by atoms with E-state index < -0.39 is 11.6 Å². The Morgan fingerprint density at radius 1 is 1.28 bits per heavy atom. The van der Waals surface area contributed by atoms with Crippen molar-refractivity contribution in [3.8, 4) is 5.75 Å². The van der Waals surface area contributed by atoms with E-state index in [1.807, 2.05) is 6.07 Å². The smallest absolute Gasteiger partial charge is 0.343 e. The minimum atomic E-state index is -1.80. The molecule has 3 N–H and O–H groups in total. The quantitative estimate of drug-likeness (QED) is 0.535. The van der Waals surface area contributed by atoms with Crippen LogP contribution in [0.4, 0.5) is 5.69 Å². The number of pyridine rings is 1. The van der Waals surface area contributed by atoms with E-state index in [0.29, 0.717) is 17.7 Å². The molecule has 0 saturated heterocycles. The highest BCUT2D eigenvalue weighted by Crippen LogP contribution is 2.47. The normalized spacial score (nSPS) is 24.2. The van der Waals surface area contributed by atoms with Crippen molar-refractivity contribution in [2.24, 2.45) is 0 Å². The summed E-state index contributed by atoms with van der Waals surface area (Å²) in [5.41, 5.74) is 3.37. The number of fused-ring (bicyclic) bond motifs is 5. The molecule has 0 amide bonds. The average molecular weight is 394 g/mol. The largest absolute Gasteiger partial charge is 0.508 e. The molecule has 7 heteroatoms. The van der Waals surface area contributed by atoms with Crippen molar-refractivity contribution in [2.75, 3.05) is 5.32 Å². The maximum atomic E-state index is 13.3. The van der Waals surface area contributed by atoms with E-state index in [1.54, 1.807) is 29.7 Å². The van der Waals surface area contributed by atoms with Crippen LogP contribution in [0.1, 0.15) is 55.1 Å². The van der Waals surface area contributed by atoms with Crippen LogP contribution in [0.3, 0.4) is 0 Å². The molecule has 0 bridgehead atoms. The molecule has 1 aromatic heterocycles. The van der Waals surface area contributed by atoms with Gasteiger partial charge in [-0.25, -0.2) is 4.79 Å². The van der Waals surface area contributed by atoms with E-state index in [9.17, 15) is 19.8 Å². The summed E-state index contributed by atoms with van der Waals surface area (Å²) in [7, 11) is 0. The molecule has 2 aromatic rings. The topological polar surface area (TPSA) is 101 Å². The highest BCUT2D eigenvalue weighted by Gasteiger charge is 2.46. The summed E-state index contributed by atoms with van der Waals surface area (Å²) in [4.78, 5) is 25.5. The SMILES string of the molecule is CCC1=C2Cn3c(cc4c(c3=O)COC(=O)[C@]4(O)CC)C2Nc2ccc(O)cc21. The van der Waals surface area contributed by atoms with Gasteiger partial charge in [0.15, 0.2) is 5.60 Å². The highest BCUT2D eigenvalue weighted by atomic mass is 16.6. The Hall–Kier alpha value is -3.06. The molecule has 2 atom stereocenters. The van der Waals surface area contributed by atoms with Gasteiger partial charge in [-0.15, -0.1) is 0 Å². The van der Waals surface area contributed by atoms with E-state index >= 15 is 0 Å². The molecule has 0 aliphatic carbocycles. The first-order valence-corrected chi connectivity index (χ1v) is 9.87. The first-order valence-electron chi connectivity index (χ1n) is 9.87. The molecule has 0 spiro atoms. The number of aliphatic hydroxyl groups is 1. The van der Waals surface area contributed by atoms with E-state index in [4.69, 9.17) is 4.74 Å². The lowest BCUT2D eigenvalue weighted by Gasteiger charge is -2.32. The summed E-state index contributed by atoms with van der Waals surface area (Å²) in [5, 5.41) is 24.4. The van der Waals surface area contributed by atoms with Gasteiger partial charge in [0.1, 0.15) is 12.4 Å². The molecule has 5 rings (SSSR count). The van der Waals surface area contributed by atoms with E-state index in [0.717, 1.165) is 34.5 Å². The number of benzene rings is 1. The third-order valence-corrected chi connectivity index (χ3v) is 6.42. The molecule has 3 aliphatic heterocycles. The number of hydrogen-bond donors (Lipinski definition) is 3. The zero-order valence-electron chi connectivity index (χ0n) is 16.3. The lowest BCUT2D eigenvalue weighted by Crippen LogP contribution is -2.44. The monoisotopic (exact) mass is 394 g/mol. The van der Waals surface area contributed by atoms with Crippen molar-refractivity contribution < 1.29 is 19.7 Å². The number of aromatic hydroxyl groups is 1. The molecule has 150 valence electrons. The summed E-state index contributed by atoms with van der Waals surface area (Å²) >= 11 is 0. The van der Waals surface area contributed by atoms with Crippen LogP contribution in [0.2, 0.25) is 0 Å². The summed E-state index contributed by atoms with van der Waals surface area (Å²) in [5.74, 6) is -0.514. The molecule has 0 fully saturated rings. The van der Waals surface area contributed by atoms with E-state index in [1.165, 1.54) is 0 Å². The van der Waals surface area contributed by atoms with Gasteiger partial charge in [0, 0.05) is 29.1 Å². The number of rotatable bonds is 2. The van der Waals surface area contributed by atoms with Gasteiger partial charge < -0.3 is 24.8 Å². The van der Waals surface area contributed by atoms with Crippen LogP contribution < -0.4 is 10.9 Å². The Morgan fingerprint density at radius 2 is 2.07 bits per heavy atom. The first kappa shape index (κ1) is 18.0. The Kier molecular flexibility index (Phi) is 3.70. The number of cyclic esters (lactones) is 1. The number of esters is 1. The van der Waals surface area contributed by atoms with Crippen molar-refractivity contribution in [1.82, 2.24) is 4.57 Å². The second-order valence-corrected chi connectivity index (χ2v) is 7.81. The Balaban J connectivity index is 1.74. The summed E-state index contributed by atoms with van der Waals surface area (Å²) in [6.45, 7) is 4.05. The fourth-order valence-corrected chi connectivity index (χ4v) is 4.85. The number of aromatic nitrogens is 1. The minimum absolute atomic E-state index is 0.124. The third kappa shape index (κ3) is 2.28. The highest BCUT2D eigenvalue weighted by molar-refractivity contribution is 5.85. The van der Waals surface area contributed by atoms with Crippen LogP contribution in [-0.2, 0) is 28.3 Å². The molecule has 3 aliphatic rings. The standard InChI is InChI=1S/C22H22N2O5/c1-3-12-13-7-11(25)5-6-17(13)23-19-14(12)9-24-18(19)8-16-15(20(24)26)10-29-21(27)22(16,28)4-2/h5-8,19,23,25,28H,3-4,9-10H2,1-2H3/t19?,22-/m0/s1. The zero-order valence-corrected chi connectivity index (χ0v) is 16.3. The van der Waals surface area contributed by atoms with E-state index in [-0.39, 0.29) is 30.4 Å². The van der Waals surface area contributed by atoms with Gasteiger partial charge in [-0.3, -0.25) is 4.79 Å². The molecule has 29 heavy (non-hydrogen) atoms. The van der Waals surface area contributed by atoms with Gasteiger partial charge in [-0.05, 0) is 48.3 Å². The Morgan fingerprint density at radius 3 is 2.79 bits per heavy atom. The predicted octanol–water partition coefficient (Wildman–Crippen LogP) is 2.55. The summed E-state index contributed by atoms with van der Waals surface area (Å²) in [6, 6.07) is 6.76. The Bertz CT molecular complexity index is 1160. The number of allylic oxidation sites excluding steroid dienone is 1. The second kappa shape index (κ2) is 5.97. The Labute approximate surface area is 167 Å².